The van der Waals surface area contributed by atoms with Crippen molar-refractivity contribution in [3.05, 3.63) is 0 Å². The van der Waals surface area contributed by atoms with Crippen molar-refractivity contribution in [1.82, 2.24) is 15.5 Å². The summed E-state index contributed by atoms with van der Waals surface area (Å²) in [5, 5.41) is 23.2. The quantitative estimate of drug-likeness (QED) is 0.0744. The van der Waals surface area contributed by atoms with Gasteiger partial charge >= 0.3 is 11.9 Å². The first-order valence-electron chi connectivity index (χ1n) is 12.1. The lowest BCUT2D eigenvalue weighted by Crippen LogP contribution is -2.58. The van der Waals surface area contributed by atoms with Gasteiger partial charge in [0.1, 0.15) is 18.1 Å². The molecule has 0 aromatic carbocycles. The van der Waals surface area contributed by atoms with Crippen LogP contribution in [0.25, 0.3) is 0 Å². The highest BCUT2D eigenvalue weighted by Crippen LogP contribution is 2.20. The molecule has 1 aliphatic rings. The second kappa shape index (κ2) is 14.9. The number of hydrogen-bond donors (Lipinski definition) is 7. The van der Waals surface area contributed by atoms with Gasteiger partial charge in [-0.25, -0.2) is 4.79 Å². The first kappa shape index (κ1) is 30.6. The molecule has 10 N–H and O–H groups in total. The van der Waals surface area contributed by atoms with Crippen molar-refractivity contribution < 1.29 is 34.2 Å². The molecule has 36 heavy (non-hydrogen) atoms. The van der Waals surface area contributed by atoms with E-state index in [1.165, 1.54) is 4.90 Å². The predicted octanol–water partition coefficient (Wildman–Crippen LogP) is -1.68. The summed E-state index contributed by atoms with van der Waals surface area (Å²) in [6.07, 6.45) is 1.54. The van der Waals surface area contributed by atoms with Gasteiger partial charge in [-0.1, -0.05) is 20.3 Å². The topological polar surface area (TPSA) is 244 Å². The minimum atomic E-state index is -1.42. The molecule has 0 saturated carbocycles. The summed E-state index contributed by atoms with van der Waals surface area (Å²) in [4.78, 5) is 66.5. The highest BCUT2D eigenvalue weighted by molar-refractivity contribution is 5.94. The van der Waals surface area contributed by atoms with Crippen LogP contribution in [-0.4, -0.2) is 88.0 Å². The molecule has 14 nitrogen and oxygen atoms in total. The highest BCUT2D eigenvalue weighted by atomic mass is 16.4. The molecule has 1 saturated heterocycles. The average molecular weight is 514 g/mol. The molecule has 1 heterocycles. The number of nitrogens with two attached hydrogens (primary N) is 3. The molecule has 14 heteroatoms. The molecule has 1 fully saturated rings. The Labute approximate surface area is 210 Å². The van der Waals surface area contributed by atoms with Gasteiger partial charge in [-0.2, -0.15) is 0 Å². The Balaban J connectivity index is 2.87. The molecule has 3 amide bonds. The summed E-state index contributed by atoms with van der Waals surface area (Å²) >= 11 is 0. The number of carbonyl (C=O) groups excluding carboxylic acids is 3. The van der Waals surface area contributed by atoms with Crippen LogP contribution in [0, 0.1) is 5.92 Å². The normalized spacial score (nSPS) is 18.4. The summed E-state index contributed by atoms with van der Waals surface area (Å²) in [6.45, 7) is 4.20. The third-order valence-electron chi connectivity index (χ3n) is 6.18. The van der Waals surface area contributed by atoms with Crippen molar-refractivity contribution >= 4 is 35.6 Å². The fourth-order valence-electron chi connectivity index (χ4n) is 3.90. The summed E-state index contributed by atoms with van der Waals surface area (Å²) in [5.41, 5.74) is 16.6. The standard InChI is InChI=1S/C22H39N7O7/c1-3-12(2)17(19(33)27-14(21(35)36)8-9-16(30)31)28-18(32)15-7-5-11-29(15)20(34)13(23)6-4-10-26-22(24)25/h12-15,17H,3-11,23H2,1-2H3,(H,27,33)(H,28,32)(H,30,31)(H,35,36)(H4,24,25,26). The third-order valence-corrected chi connectivity index (χ3v) is 6.18. The van der Waals surface area contributed by atoms with Crippen molar-refractivity contribution in [1.29, 1.82) is 0 Å². The number of nitrogens with zero attached hydrogens (tertiary/aromatic N) is 2. The molecular weight excluding hydrogens is 474 g/mol. The molecule has 0 radical (unpaired) electrons. The lowest BCUT2D eigenvalue weighted by Gasteiger charge is -2.30. The summed E-state index contributed by atoms with van der Waals surface area (Å²) in [5.74, 6) is -4.63. The monoisotopic (exact) mass is 513 g/mol. The van der Waals surface area contributed by atoms with Crippen LogP contribution in [0.2, 0.25) is 0 Å². The molecule has 1 aliphatic heterocycles. The SMILES string of the molecule is CCC(C)C(NC(=O)C1CCCN1C(=O)C(N)CCCN=C(N)N)C(=O)NC(CCC(=O)O)C(=O)O. The van der Waals surface area contributed by atoms with Gasteiger partial charge in [-0.05, 0) is 38.0 Å². The lowest BCUT2D eigenvalue weighted by atomic mass is 9.97. The second-order valence-corrected chi connectivity index (χ2v) is 8.95. The zero-order valence-corrected chi connectivity index (χ0v) is 20.8. The van der Waals surface area contributed by atoms with Gasteiger partial charge < -0.3 is 42.9 Å². The number of aliphatic imine (C=N–C) groups is 1. The Morgan fingerprint density at radius 1 is 1.11 bits per heavy atom. The number of nitrogens with one attached hydrogen (secondary N) is 2. The predicted molar refractivity (Wildman–Crippen MR) is 130 cm³/mol. The van der Waals surface area contributed by atoms with Crippen LogP contribution in [0.3, 0.4) is 0 Å². The van der Waals surface area contributed by atoms with E-state index in [0.29, 0.717) is 45.2 Å². The van der Waals surface area contributed by atoms with E-state index in [4.69, 9.17) is 22.3 Å². The van der Waals surface area contributed by atoms with Gasteiger partial charge in [0, 0.05) is 19.5 Å². The molecule has 0 aromatic rings. The second-order valence-electron chi connectivity index (χ2n) is 8.95. The van der Waals surface area contributed by atoms with Gasteiger partial charge in [-0.15, -0.1) is 0 Å². The number of rotatable bonds is 15. The van der Waals surface area contributed by atoms with Crippen LogP contribution in [0.4, 0.5) is 0 Å². The maximum Gasteiger partial charge on any atom is 0.326 e. The van der Waals surface area contributed by atoms with Crippen LogP contribution in [-0.2, 0) is 24.0 Å². The van der Waals surface area contributed by atoms with Gasteiger partial charge in [0.25, 0.3) is 0 Å². The van der Waals surface area contributed by atoms with Crippen molar-refractivity contribution in [3.63, 3.8) is 0 Å². The van der Waals surface area contributed by atoms with Gasteiger partial charge in [0.05, 0.1) is 6.04 Å². The van der Waals surface area contributed by atoms with E-state index in [9.17, 15) is 29.1 Å². The molecule has 5 unspecified atom stereocenters. The van der Waals surface area contributed by atoms with E-state index in [2.05, 4.69) is 15.6 Å². The number of hydrogen-bond acceptors (Lipinski definition) is 7. The number of carbonyl (C=O) groups is 5. The fourth-order valence-corrected chi connectivity index (χ4v) is 3.90. The van der Waals surface area contributed by atoms with Gasteiger partial charge in [-0.3, -0.25) is 24.2 Å². The summed E-state index contributed by atoms with van der Waals surface area (Å²) in [7, 11) is 0. The molecule has 0 bridgehead atoms. The molecule has 0 aromatic heterocycles. The Kier molecular flexibility index (Phi) is 12.6. The van der Waals surface area contributed by atoms with Gasteiger partial charge in [0.15, 0.2) is 5.96 Å². The zero-order chi connectivity index (χ0) is 27.4. The van der Waals surface area contributed by atoms with E-state index >= 15 is 0 Å². The number of aliphatic carboxylic acids is 2. The lowest BCUT2D eigenvalue weighted by molar-refractivity contribution is -0.144. The number of guanidine groups is 1. The number of amides is 3. The minimum absolute atomic E-state index is 0.0531. The largest absolute Gasteiger partial charge is 0.481 e. The van der Waals surface area contributed by atoms with Crippen LogP contribution in [0.5, 0.6) is 0 Å². The number of carboxylic acids is 2. The number of likely N-dealkylation sites (tertiary alicyclic amines) is 1. The molecule has 204 valence electrons. The Morgan fingerprint density at radius 2 is 1.78 bits per heavy atom. The van der Waals surface area contributed by atoms with E-state index in [1.54, 1.807) is 6.92 Å². The van der Waals surface area contributed by atoms with E-state index in [0.717, 1.165) is 0 Å². The van der Waals surface area contributed by atoms with E-state index in [-0.39, 0.29) is 24.2 Å². The fraction of sp³-hybridized carbons (Fsp3) is 0.727. The first-order valence-corrected chi connectivity index (χ1v) is 12.1. The van der Waals surface area contributed by atoms with Crippen molar-refractivity contribution in [2.24, 2.45) is 28.1 Å². The van der Waals surface area contributed by atoms with E-state index < -0.39 is 54.3 Å². The molecular formula is C22H39N7O7. The Morgan fingerprint density at radius 3 is 2.33 bits per heavy atom. The molecule has 0 spiro atoms. The minimum Gasteiger partial charge on any atom is -0.481 e. The van der Waals surface area contributed by atoms with Crippen molar-refractivity contribution in [3.8, 4) is 0 Å². The molecule has 5 atom stereocenters. The molecule has 0 aliphatic carbocycles. The van der Waals surface area contributed by atoms with Crippen molar-refractivity contribution in [2.45, 2.75) is 83.0 Å². The average Bonchev–Trinajstić information content (AvgIpc) is 3.31. The third kappa shape index (κ3) is 9.68. The van der Waals surface area contributed by atoms with Gasteiger partial charge in [0.2, 0.25) is 17.7 Å². The smallest absolute Gasteiger partial charge is 0.326 e. The van der Waals surface area contributed by atoms with E-state index in [1.807, 2.05) is 6.92 Å². The zero-order valence-electron chi connectivity index (χ0n) is 20.8. The Hall–Kier alpha value is -3.42. The van der Waals surface area contributed by atoms with Crippen LogP contribution in [0.1, 0.15) is 58.8 Å². The van der Waals surface area contributed by atoms with Crippen LogP contribution < -0.4 is 27.8 Å². The highest BCUT2D eigenvalue weighted by Gasteiger charge is 2.38. The molecule has 1 rings (SSSR count). The first-order chi connectivity index (χ1) is 16.9. The maximum atomic E-state index is 13.1. The Bertz CT molecular complexity index is 832. The van der Waals surface area contributed by atoms with Crippen LogP contribution >= 0.6 is 0 Å². The maximum absolute atomic E-state index is 13.1. The van der Waals surface area contributed by atoms with Crippen molar-refractivity contribution in [2.75, 3.05) is 13.1 Å². The van der Waals surface area contributed by atoms with Crippen LogP contribution in [0.15, 0.2) is 4.99 Å². The summed E-state index contributed by atoms with van der Waals surface area (Å²) in [6, 6.07) is -4.15. The summed E-state index contributed by atoms with van der Waals surface area (Å²) < 4.78 is 0. The number of carboxylic acid groups (broad SMARTS) is 2.